The molecule has 0 aliphatic carbocycles. The second kappa shape index (κ2) is 5.23. The topological polar surface area (TPSA) is 38.0 Å². The molecule has 0 unspecified atom stereocenters. The maximum absolute atomic E-state index is 5.86. The molecule has 0 saturated carbocycles. The highest BCUT2D eigenvalue weighted by molar-refractivity contribution is 7.16. The molecule has 84 valence electrons. The van der Waals surface area contributed by atoms with E-state index in [9.17, 15) is 0 Å². The summed E-state index contributed by atoms with van der Waals surface area (Å²) in [6, 6.07) is 11.8. The fourth-order valence-electron chi connectivity index (χ4n) is 1.46. The third-order valence-corrected chi connectivity index (χ3v) is 3.57. The first kappa shape index (κ1) is 11.3. The zero-order valence-electron chi connectivity index (χ0n) is 8.74. The van der Waals surface area contributed by atoms with Crippen LogP contribution in [-0.2, 0) is 6.42 Å². The van der Waals surface area contributed by atoms with Crippen LogP contribution in [0.4, 0.5) is 11.4 Å². The smallest absolute Gasteiger partial charge is 0.0931 e. The first-order chi connectivity index (χ1) is 7.75. The Morgan fingerprint density at radius 2 is 2.00 bits per heavy atom. The highest BCUT2D eigenvalue weighted by Crippen LogP contribution is 2.22. The Bertz CT molecular complexity index is 468. The quantitative estimate of drug-likeness (QED) is 0.816. The van der Waals surface area contributed by atoms with Crippen LogP contribution < -0.4 is 11.1 Å². The van der Waals surface area contributed by atoms with E-state index < -0.39 is 0 Å². The van der Waals surface area contributed by atoms with Crippen LogP contribution in [0.25, 0.3) is 0 Å². The molecule has 1 aromatic heterocycles. The molecule has 0 radical (unpaired) electrons. The van der Waals surface area contributed by atoms with Gasteiger partial charge in [-0.2, -0.15) is 0 Å². The SMILES string of the molecule is Nc1ccccc1NCCc1ccc(Cl)s1. The first-order valence-electron chi connectivity index (χ1n) is 5.08. The summed E-state index contributed by atoms with van der Waals surface area (Å²) in [5.74, 6) is 0. The number of hydrogen-bond donors (Lipinski definition) is 2. The summed E-state index contributed by atoms with van der Waals surface area (Å²) in [5, 5.41) is 3.31. The van der Waals surface area contributed by atoms with E-state index in [0.29, 0.717) is 0 Å². The maximum atomic E-state index is 5.86. The average molecular weight is 253 g/mol. The molecule has 2 aromatic rings. The Kier molecular flexibility index (Phi) is 3.70. The van der Waals surface area contributed by atoms with Crippen molar-refractivity contribution in [1.29, 1.82) is 0 Å². The first-order valence-corrected chi connectivity index (χ1v) is 6.28. The van der Waals surface area contributed by atoms with E-state index in [1.54, 1.807) is 11.3 Å². The summed E-state index contributed by atoms with van der Waals surface area (Å²) in [6.45, 7) is 0.866. The lowest BCUT2D eigenvalue weighted by atomic mass is 10.2. The molecule has 0 fully saturated rings. The van der Waals surface area contributed by atoms with E-state index in [1.807, 2.05) is 30.3 Å². The van der Waals surface area contributed by atoms with Crippen molar-refractivity contribution in [3.8, 4) is 0 Å². The van der Waals surface area contributed by atoms with Gasteiger partial charge in [0, 0.05) is 11.4 Å². The van der Waals surface area contributed by atoms with Crippen LogP contribution in [-0.4, -0.2) is 6.54 Å². The normalized spacial score (nSPS) is 10.3. The van der Waals surface area contributed by atoms with Crippen LogP contribution in [0, 0.1) is 0 Å². The molecule has 0 saturated heterocycles. The van der Waals surface area contributed by atoms with Crippen LogP contribution in [0.1, 0.15) is 4.88 Å². The third kappa shape index (κ3) is 2.90. The fourth-order valence-corrected chi connectivity index (χ4v) is 2.55. The summed E-state index contributed by atoms with van der Waals surface area (Å²) in [6.07, 6.45) is 0.964. The predicted octanol–water partition coefficient (Wildman–Crippen LogP) is 3.64. The molecular formula is C12H13ClN2S. The summed E-state index contributed by atoms with van der Waals surface area (Å²) >= 11 is 7.48. The molecule has 0 aliphatic heterocycles. The molecule has 16 heavy (non-hydrogen) atoms. The lowest BCUT2D eigenvalue weighted by Crippen LogP contribution is -2.05. The van der Waals surface area contributed by atoms with Crippen LogP contribution in [0.15, 0.2) is 36.4 Å². The van der Waals surface area contributed by atoms with Gasteiger partial charge in [-0.1, -0.05) is 23.7 Å². The largest absolute Gasteiger partial charge is 0.397 e. The number of halogens is 1. The van der Waals surface area contributed by atoms with Gasteiger partial charge in [-0.3, -0.25) is 0 Å². The molecule has 0 aliphatic rings. The number of nitrogen functional groups attached to an aromatic ring is 1. The molecule has 2 nitrogen and oxygen atoms in total. The monoisotopic (exact) mass is 252 g/mol. The van der Waals surface area contributed by atoms with E-state index in [4.69, 9.17) is 17.3 Å². The summed E-state index contributed by atoms with van der Waals surface area (Å²) in [4.78, 5) is 1.28. The number of nitrogens with two attached hydrogens (primary N) is 1. The van der Waals surface area contributed by atoms with Crippen molar-refractivity contribution in [2.24, 2.45) is 0 Å². The Hall–Kier alpha value is -1.19. The van der Waals surface area contributed by atoms with E-state index >= 15 is 0 Å². The summed E-state index contributed by atoms with van der Waals surface area (Å²) < 4.78 is 0.842. The minimum Gasteiger partial charge on any atom is -0.397 e. The van der Waals surface area contributed by atoms with Gasteiger partial charge < -0.3 is 11.1 Å². The van der Waals surface area contributed by atoms with Gasteiger partial charge in [0.25, 0.3) is 0 Å². The minimum atomic E-state index is 0.784. The summed E-state index contributed by atoms with van der Waals surface area (Å²) in [7, 11) is 0. The van der Waals surface area contributed by atoms with E-state index in [2.05, 4.69) is 11.4 Å². The van der Waals surface area contributed by atoms with Crippen LogP contribution in [0.5, 0.6) is 0 Å². The van der Waals surface area contributed by atoms with Crippen LogP contribution in [0.2, 0.25) is 4.34 Å². The Morgan fingerprint density at radius 3 is 2.69 bits per heavy atom. The number of para-hydroxylation sites is 2. The zero-order valence-corrected chi connectivity index (χ0v) is 10.3. The number of rotatable bonds is 4. The van der Waals surface area contributed by atoms with Crippen molar-refractivity contribution in [2.75, 3.05) is 17.6 Å². The van der Waals surface area contributed by atoms with Crippen molar-refractivity contribution >= 4 is 34.3 Å². The standard InChI is InChI=1S/C12H13ClN2S/c13-12-6-5-9(16-12)7-8-15-11-4-2-1-3-10(11)14/h1-6,15H,7-8,14H2. The zero-order chi connectivity index (χ0) is 11.4. The molecule has 0 atom stereocenters. The van der Waals surface area contributed by atoms with Gasteiger partial charge in [-0.25, -0.2) is 0 Å². The van der Waals surface area contributed by atoms with Gasteiger partial charge in [-0.15, -0.1) is 11.3 Å². The average Bonchev–Trinajstić information content (AvgIpc) is 2.67. The molecule has 0 spiro atoms. The van der Waals surface area contributed by atoms with Gasteiger partial charge in [0.15, 0.2) is 0 Å². The van der Waals surface area contributed by atoms with Gasteiger partial charge in [-0.05, 0) is 30.7 Å². The second-order valence-electron chi connectivity index (χ2n) is 3.47. The van der Waals surface area contributed by atoms with Crippen molar-refractivity contribution in [2.45, 2.75) is 6.42 Å². The number of nitrogens with one attached hydrogen (secondary N) is 1. The maximum Gasteiger partial charge on any atom is 0.0931 e. The second-order valence-corrected chi connectivity index (χ2v) is 5.27. The number of anilines is 2. The summed E-state index contributed by atoms with van der Waals surface area (Å²) in [5.41, 5.74) is 7.60. The van der Waals surface area contributed by atoms with Gasteiger partial charge in [0.2, 0.25) is 0 Å². The molecular weight excluding hydrogens is 240 g/mol. The predicted molar refractivity (Wildman–Crippen MR) is 72.4 cm³/mol. The molecule has 3 N–H and O–H groups in total. The number of thiophene rings is 1. The molecule has 1 aromatic carbocycles. The lowest BCUT2D eigenvalue weighted by molar-refractivity contribution is 1.05. The molecule has 1 heterocycles. The number of hydrogen-bond acceptors (Lipinski definition) is 3. The minimum absolute atomic E-state index is 0.784. The number of benzene rings is 1. The highest BCUT2D eigenvalue weighted by atomic mass is 35.5. The van der Waals surface area contributed by atoms with E-state index in [1.165, 1.54) is 4.88 Å². The Morgan fingerprint density at radius 1 is 1.19 bits per heavy atom. The fraction of sp³-hybridized carbons (Fsp3) is 0.167. The van der Waals surface area contributed by atoms with E-state index in [-0.39, 0.29) is 0 Å². The van der Waals surface area contributed by atoms with Crippen LogP contribution in [0.3, 0.4) is 0 Å². The molecule has 4 heteroatoms. The van der Waals surface area contributed by atoms with Gasteiger partial charge >= 0.3 is 0 Å². The third-order valence-electron chi connectivity index (χ3n) is 2.28. The van der Waals surface area contributed by atoms with Crippen molar-refractivity contribution in [1.82, 2.24) is 0 Å². The van der Waals surface area contributed by atoms with E-state index in [0.717, 1.165) is 28.7 Å². The van der Waals surface area contributed by atoms with Gasteiger partial charge in [0.1, 0.15) is 0 Å². The molecule has 0 amide bonds. The molecule has 2 rings (SSSR count). The lowest BCUT2D eigenvalue weighted by Gasteiger charge is -2.07. The molecule has 0 bridgehead atoms. The van der Waals surface area contributed by atoms with Crippen molar-refractivity contribution in [3.63, 3.8) is 0 Å². The van der Waals surface area contributed by atoms with Crippen molar-refractivity contribution < 1.29 is 0 Å². The van der Waals surface area contributed by atoms with Crippen molar-refractivity contribution in [3.05, 3.63) is 45.6 Å². The highest BCUT2D eigenvalue weighted by Gasteiger charge is 1.99. The van der Waals surface area contributed by atoms with Crippen LogP contribution >= 0.6 is 22.9 Å². The van der Waals surface area contributed by atoms with Gasteiger partial charge in [0.05, 0.1) is 15.7 Å². The Balaban J connectivity index is 1.87. The Labute approximate surface area is 104 Å².